The van der Waals surface area contributed by atoms with E-state index >= 15 is 0 Å². The van der Waals surface area contributed by atoms with Crippen molar-refractivity contribution in [3.05, 3.63) is 56.5 Å². The zero-order valence-corrected chi connectivity index (χ0v) is 16.3. The summed E-state index contributed by atoms with van der Waals surface area (Å²) in [5.41, 5.74) is -1.87. The fraction of sp³-hybridized carbons (Fsp3) is 0.333. The monoisotopic (exact) mass is 428 g/mol. The van der Waals surface area contributed by atoms with Crippen LogP contribution < -0.4 is 10.4 Å². The van der Waals surface area contributed by atoms with Crippen molar-refractivity contribution >= 4 is 27.5 Å². The fourth-order valence-electron chi connectivity index (χ4n) is 2.67. The Bertz CT molecular complexity index is 1210. The molecule has 0 saturated heterocycles. The summed E-state index contributed by atoms with van der Waals surface area (Å²) in [6.45, 7) is 2.37. The Balaban J connectivity index is 2.18. The molecule has 0 aliphatic rings. The molecule has 1 amide bonds. The van der Waals surface area contributed by atoms with Gasteiger partial charge in [0.15, 0.2) is 4.80 Å². The van der Waals surface area contributed by atoms with Gasteiger partial charge < -0.3 is 4.57 Å². The number of aromatic nitrogens is 3. The smallest absolute Gasteiger partial charge is 0.315 e. The number of nitrogens with zero attached hydrogens (tertiary/aromatic N) is 4. The number of benzene rings is 1. The Hall–Kier alpha value is -2.82. The van der Waals surface area contributed by atoms with E-state index in [1.54, 1.807) is 4.57 Å². The number of amides is 1. The topological polar surface area (TPSA) is 69.2 Å². The molecule has 2 heterocycles. The van der Waals surface area contributed by atoms with E-state index in [0.717, 1.165) is 22.4 Å². The van der Waals surface area contributed by atoms with Gasteiger partial charge in [0.1, 0.15) is 10.5 Å². The Morgan fingerprint density at radius 1 is 1.31 bits per heavy atom. The van der Waals surface area contributed by atoms with Gasteiger partial charge in [-0.25, -0.2) is 9.07 Å². The predicted octanol–water partition coefficient (Wildman–Crippen LogP) is 3.50. The summed E-state index contributed by atoms with van der Waals surface area (Å²) in [6, 6.07) is 1.58. The molecule has 3 aromatic rings. The molecule has 0 radical (unpaired) electrons. The number of hydrogen-bond acceptors (Lipinski definition) is 4. The van der Waals surface area contributed by atoms with E-state index in [-0.39, 0.29) is 4.80 Å². The van der Waals surface area contributed by atoms with Crippen molar-refractivity contribution in [3.63, 3.8) is 0 Å². The number of carbonyl (C=O) groups excluding carboxylic acids is 1. The zero-order chi connectivity index (χ0) is 21.3. The van der Waals surface area contributed by atoms with Crippen molar-refractivity contribution in [2.45, 2.75) is 32.5 Å². The third-order valence-electron chi connectivity index (χ3n) is 4.25. The quantitative estimate of drug-likeness (QED) is 0.598. The van der Waals surface area contributed by atoms with E-state index in [1.165, 1.54) is 13.2 Å². The highest BCUT2D eigenvalue weighted by Crippen LogP contribution is 2.30. The van der Waals surface area contributed by atoms with Crippen LogP contribution in [0.3, 0.4) is 0 Å². The summed E-state index contributed by atoms with van der Waals surface area (Å²) in [5.74, 6) is -2.26. The normalized spacial score (nSPS) is 12.7. The van der Waals surface area contributed by atoms with Crippen molar-refractivity contribution < 1.29 is 22.4 Å². The lowest BCUT2D eigenvalue weighted by atomic mass is 10.1. The molecule has 0 bridgehead atoms. The highest BCUT2D eigenvalue weighted by atomic mass is 32.1. The number of rotatable bonds is 4. The molecule has 0 aliphatic carbocycles. The van der Waals surface area contributed by atoms with Crippen LogP contribution in [0.1, 0.15) is 35.7 Å². The van der Waals surface area contributed by atoms with Gasteiger partial charge in [-0.15, -0.1) is 0 Å². The van der Waals surface area contributed by atoms with Gasteiger partial charge in [-0.3, -0.25) is 9.59 Å². The summed E-state index contributed by atoms with van der Waals surface area (Å²) in [4.78, 5) is 28.7. The van der Waals surface area contributed by atoms with E-state index in [1.807, 2.05) is 6.92 Å². The SMILES string of the molecule is CCCCn1c(=NC(=O)c2cc(C(F)(F)F)ccc2F)sc2c(=O)n(C)ncc21. The van der Waals surface area contributed by atoms with Crippen LogP contribution in [0.15, 0.2) is 34.2 Å². The first-order chi connectivity index (χ1) is 13.6. The van der Waals surface area contributed by atoms with E-state index in [2.05, 4.69) is 10.1 Å². The van der Waals surface area contributed by atoms with Crippen LogP contribution in [0.4, 0.5) is 17.6 Å². The maximum atomic E-state index is 14.0. The maximum absolute atomic E-state index is 14.0. The van der Waals surface area contributed by atoms with Crippen molar-refractivity contribution in [2.75, 3.05) is 0 Å². The van der Waals surface area contributed by atoms with Gasteiger partial charge in [-0.05, 0) is 24.6 Å². The lowest BCUT2D eigenvalue weighted by Crippen LogP contribution is -2.20. The first kappa shape index (κ1) is 20.9. The molecule has 0 spiro atoms. The van der Waals surface area contributed by atoms with Crippen LogP contribution in [-0.4, -0.2) is 20.3 Å². The molecule has 0 fully saturated rings. The molecule has 3 rings (SSSR count). The third kappa shape index (κ3) is 4.14. The van der Waals surface area contributed by atoms with Gasteiger partial charge in [-0.2, -0.15) is 23.3 Å². The molecule has 0 N–H and O–H groups in total. The number of halogens is 4. The average molecular weight is 428 g/mol. The van der Waals surface area contributed by atoms with Crippen LogP contribution in [-0.2, 0) is 19.8 Å². The van der Waals surface area contributed by atoms with Crippen molar-refractivity contribution in [1.82, 2.24) is 14.3 Å². The number of unbranched alkanes of at least 4 members (excludes halogenated alkanes) is 1. The maximum Gasteiger partial charge on any atom is 0.416 e. The lowest BCUT2D eigenvalue weighted by Gasteiger charge is -2.08. The summed E-state index contributed by atoms with van der Waals surface area (Å²) in [5, 5.41) is 3.96. The molecule has 0 aliphatic heterocycles. The van der Waals surface area contributed by atoms with E-state index in [0.29, 0.717) is 41.4 Å². The molecule has 2 aromatic heterocycles. The minimum absolute atomic E-state index is 0.0976. The standard InChI is InChI=1S/C18H16F4N4O2S/c1-3-4-7-26-13-9-23-25(2)16(28)14(13)29-17(26)24-15(27)11-8-10(18(20,21)22)5-6-12(11)19/h5-6,8-9H,3-4,7H2,1-2H3. The minimum atomic E-state index is -4.72. The highest BCUT2D eigenvalue weighted by Gasteiger charge is 2.32. The number of fused-ring (bicyclic) bond motifs is 1. The van der Waals surface area contributed by atoms with Gasteiger partial charge in [0.2, 0.25) is 0 Å². The van der Waals surface area contributed by atoms with Crippen molar-refractivity contribution in [2.24, 2.45) is 12.0 Å². The van der Waals surface area contributed by atoms with E-state index in [4.69, 9.17) is 0 Å². The van der Waals surface area contributed by atoms with Crippen LogP contribution in [0.2, 0.25) is 0 Å². The first-order valence-electron chi connectivity index (χ1n) is 8.65. The van der Waals surface area contributed by atoms with E-state index in [9.17, 15) is 27.2 Å². The Labute approximate surface area is 165 Å². The average Bonchev–Trinajstić information content (AvgIpc) is 3.00. The van der Waals surface area contributed by atoms with Crippen LogP contribution >= 0.6 is 11.3 Å². The Morgan fingerprint density at radius 3 is 2.69 bits per heavy atom. The molecule has 154 valence electrons. The Morgan fingerprint density at radius 2 is 2.03 bits per heavy atom. The molecule has 6 nitrogen and oxygen atoms in total. The van der Waals surface area contributed by atoms with Gasteiger partial charge >= 0.3 is 6.18 Å². The molecule has 11 heteroatoms. The van der Waals surface area contributed by atoms with Gasteiger partial charge in [0.25, 0.3) is 11.5 Å². The van der Waals surface area contributed by atoms with Gasteiger partial charge in [0.05, 0.1) is 22.8 Å². The fourth-order valence-corrected chi connectivity index (χ4v) is 3.77. The molecule has 1 aromatic carbocycles. The second-order valence-corrected chi connectivity index (χ2v) is 7.26. The summed E-state index contributed by atoms with van der Waals surface area (Å²) in [6.07, 6.45) is -1.74. The molecule has 0 saturated carbocycles. The van der Waals surface area contributed by atoms with Gasteiger partial charge in [0, 0.05) is 13.6 Å². The van der Waals surface area contributed by atoms with E-state index < -0.39 is 34.6 Å². The summed E-state index contributed by atoms with van der Waals surface area (Å²) < 4.78 is 55.8. The second-order valence-electron chi connectivity index (χ2n) is 6.29. The first-order valence-corrected chi connectivity index (χ1v) is 9.46. The number of aryl methyl sites for hydroxylation is 2. The number of carbonyl (C=O) groups is 1. The number of hydrogen-bond donors (Lipinski definition) is 0. The van der Waals surface area contributed by atoms with Crippen LogP contribution in [0, 0.1) is 5.82 Å². The number of alkyl halides is 3. The summed E-state index contributed by atoms with van der Waals surface area (Å²) >= 11 is 0.911. The Kier molecular flexibility index (Phi) is 5.69. The molecular formula is C18H16F4N4O2S. The van der Waals surface area contributed by atoms with Crippen molar-refractivity contribution in [3.8, 4) is 0 Å². The van der Waals surface area contributed by atoms with Crippen LogP contribution in [0.5, 0.6) is 0 Å². The largest absolute Gasteiger partial charge is 0.416 e. The molecule has 29 heavy (non-hydrogen) atoms. The minimum Gasteiger partial charge on any atom is -0.315 e. The number of thiazole rings is 1. The molecule has 0 atom stereocenters. The molecule has 0 unspecified atom stereocenters. The zero-order valence-electron chi connectivity index (χ0n) is 15.5. The van der Waals surface area contributed by atoms with Gasteiger partial charge in [-0.1, -0.05) is 24.7 Å². The predicted molar refractivity (Wildman–Crippen MR) is 99.1 cm³/mol. The summed E-state index contributed by atoms with van der Waals surface area (Å²) in [7, 11) is 1.47. The van der Waals surface area contributed by atoms with Crippen molar-refractivity contribution in [1.29, 1.82) is 0 Å². The lowest BCUT2D eigenvalue weighted by molar-refractivity contribution is -0.137. The molecular weight excluding hydrogens is 412 g/mol. The van der Waals surface area contributed by atoms with Crippen LogP contribution in [0.25, 0.3) is 10.2 Å². The second kappa shape index (κ2) is 7.90. The third-order valence-corrected chi connectivity index (χ3v) is 5.33. The highest BCUT2D eigenvalue weighted by molar-refractivity contribution is 7.16.